The van der Waals surface area contributed by atoms with Gasteiger partial charge in [-0.2, -0.15) is 4.98 Å². The molecule has 44 heavy (non-hydrogen) atoms. The second-order valence-corrected chi connectivity index (χ2v) is 12.1. The minimum absolute atomic E-state index is 0.0106. The topological polar surface area (TPSA) is 125 Å². The van der Waals surface area contributed by atoms with Crippen LogP contribution >= 0.6 is 0 Å². The molecule has 0 unspecified atom stereocenters. The van der Waals surface area contributed by atoms with Crippen molar-refractivity contribution in [3.63, 3.8) is 0 Å². The number of anilines is 3. The molecule has 5 heterocycles. The van der Waals surface area contributed by atoms with E-state index in [0.29, 0.717) is 47.2 Å². The van der Waals surface area contributed by atoms with Gasteiger partial charge in [0.05, 0.1) is 17.9 Å². The average Bonchev–Trinajstić information content (AvgIpc) is 3.54. The van der Waals surface area contributed by atoms with Crippen molar-refractivity contribution in [3.8, 4) is 11.4 Å². The van der Waals surface area contributed by atoms with Crippen molar-refractivity contribution in [2.45, 2.75) is 57.2 Å². The Balaban J connectivity index is 1.16. The van der Waals surface area contributed by atoms with E-state index >= 15 is 0 Å². The molecule has 3 aliphatic rings. The normalized spacial score (nSPS) is 17.5. The summed E-state index contributed by atoms with van der Waals surface area (Å²) in [6, 6.07) is 14.0. The number of nitrogens with one attached hydrogen (secondary N) is 1. The van der Waals surface area contributed by atoms with Gasteiger partial charge in [-0.15, -0.1) is 0 Å². The molecule has 3 aromatic heterocycles. The first-order valence-corrected chi connectivity index (χ1v) is 15.3. The number of carbonyl (C=O) groups excluding carboxylic acids is 1. The number of hydrogen-bond acceptors (Lipinski definition) is 7. The third-order valence-electron chi connectivity index (χ3n) is 9.23. The highest BCUT2D eigenvalue weighted by Crippen LogP contribution is 2.36. The molecule has 2 bridgehead atoms. The number of rotatable bonds is 5. The second kappa shape index (κ2) is 10.4. The third-order valence-corrected chi connectivity index (χ3v) is 9.23. The number of aromatic nitrogens is 5. The van der Waals surface area contributed by atoms with E-state index < -0.39 is 0 Å². The zero-order valence-electron chi connectivity index (χ0n) is 24.4. The van der Waals surface area contributed by atoms with Gasteiger partial charge in [-0.25, -0.2) is 14.3 Å². The highest BCUT2D eigenvalue weighted by molar-refractivity contribution is 5.98. The predicted molar refractivity (Wildman–Crippen MR) is 170 cm³/mol. The molecule has 11 nitrogen and oxygen atoms in total. The lowest BCUT2D eigenvalue weighted by Crippen LogP contribution is -2.47. The van der Waals surface area contributed by atoms with Gasteiger partial charge in [0.1, 0.15) is 11.1 Å². The van der Waals surface area contributed by atoms with Crippen LogP contribution < -0.4 is 26.2 Å². The van der Waals surface area contributed by atoms with E-state index in [0.717, 1.165) is 55.2 Å². The van der Waals surface area contributed by atoms with Crippen LogP contribution in [0.15, 0.2) is 71.8 Å². The van der Waals surface area contributed by atoms with Gasteiger partial charge >= 0.3 is 0 Å². The number of benzene rings is 2. The predicted octanol–water partition coefficient (Wildman–Crippen LogP) is 4.63. The molecule has 1 aliphatic carbocycles. The van der Waals surface area contributed by atoms with Gasteiger partial charge in [0.2, 0.25) is 5.95 Å². The number of nitrogens with two attached hydrogens (primary N) is 1. The Morgan fingerprint density at radius 3 is 2.82 bits per heavy atom. The Hall–Kier alpha value is -4.90. The Kier molecular flexibility index (Phi) is 6.30. The van der Waals surface area contributed by atoms with Gasteiger partial charge in [-0.05, 0) is 81.0 Å². The number of aryl methyl sites for hydroxylation is 1. The summed E-state index contributed by atoms with van der Waals surface area (Å²) >= 11 is 0. The summed E-state index contributed by atoms with van der Waals surface area (Å²) in [6.07, 6.45) is 13.8. The van der Waals surface area contributed by atoms with Crippen LogP contribution in [0, 0.1) is 0 Å². The molecule has 11 heteroatoms. The molecular formula is C33H34N8O3. The maximum absolute atomic E-state index is 13.6. The minimum atomic E-state index is -0.181. The highest BCUT2D eigenvalue weighted by atomic mass is 16.5. The Labute approximate surface area is 253 Å². The van der Waals surface area contributed by atoms with Gasteiger partial charge < -0.3 is 25.3 Å². The van der Waals surface area contributed by atoms with Crippen molar-refractivity contribution < 1.29 is 9.53 Å². The van der Waals surface area contributed by atoms with Crippen molar-refractivity contribution in [2.75, 3.05) is 23.4 Å². The monoisotopic (exact) mass is 590 g/mol. The van der Waals surface area contributed by atoms with Gasteiger partial charge in [0, 0.05) is 47.6 Å². The van der Waals surface area contributed by atoms with Gasteiger partial charge in [-0.3, -0.25) is 9.59 Å². The molecule has 3 N–H and O–H groups in total. The summed E-state index contributed by atoms with van der Waals surface area (Å²) in [5.74, 6) is 0.957. The molecule has 1 fully saturated rings. The van der Waals surface area contributed by atoms with Crippen LogP contribution in [0.25, 0.3) is 27.6 Å². The smallest absolute Gasteiger partial charge is 0.278 e. The first-order chi connectivity index (χ1) is 21.5. The lowest BCUT2D eigenvalue weighted by atomic mass is 9.75. The van der Waals surface area contributed by atoms with Crippen LogP contribution in [-0.4, -0.2) is 48.5 Å². The van der Waals surface area contributed by atoms with Crippen molar-refractivity contribution in [3.05, 3.63) is 77.4 Å². The lowest BCUT2D eigenvalue weighted by molar-refractivity contribution is -0.121. The molecule has 0 radical (unpaired) electrons. The summed E-state index contributed by atoms with van der Waals surface area (Å²) in [6.45, 7) is 1.90. The van der Waals surface area contributed by atoms with Gasteiger partial charge in [0.25, 0.3) is 11.5 Å². The molecule has 0 saturated heterocycles. The number of amides is 1. The summed E-state index contributed by atoms with van der Waals surface area (Å²) in [5, 5.41) is 4.87. The maximum Gasteiger partial charge on any atom is 0.278 e. The number of hydrogen-bond donors (Lipinski definition) is 2. The Morgan fingerprint density at radius 1 is 1.05 bits per heavy atom. The number of fused-ring (bicyclic) bond motifs is 6. The number of allylic oxidation sites excluding steroid dienone is 2. The number of nitrogens with zero attached hydrogens (tertiary/aromatic N) is 6. The molecule has 2 aliphatic heterocycles. The minimum Gasteiger partial charge on any atom is -0.482 e. The third kappa shape index (κ3) is 4.55. The Bertz CT molecular complexity index is 2010. The molecule has 8 rings (SSSR count). The van der Waals surface area contributed by atoms with Crippen LogP contribution in [0.3, 0.4) is 0 Å². The van der Waals surface area contributed by atoms with E-state index in [1.54, 1.807) is 15.8 Å². The lowest BCUT2D eigenvalue weighted by Gasteiger charge is -2.38. The zero-order chi connectivity index (χ0) is 29.8. The molecular weight excluding hydrogens is 556 g/mol. The standard InChI is InChI=1S/C33H34N8O3/c34-33(11-5-12-33)13-17-38-16-10-22-18-23(6-8-26(22)38)36-32-35-20-25-30(37-32)41-24-7-9-28-27(19-24)39(29(42)21-44-28)14-3-1-2-4-15-40(41)31(25)43/h2,4,6-10,16,18-20H,1,3,5,11-15,17,21,34H2,(H,35,36,37). The average molecular weight is 591 g/mol. The molecule has 2 aromatic carbocycles. The molecule has 224 valence electrons. The van der Waals surface area contributed by atoms with Crippen LogP contribution in [0.4, 0.5) is 17.3 Å². The van der Waals surface area contributed by atoms with Crippen LogP contribution in [0.5, 0.6) is 5.75 Å². The summed E-state index contributed by atoms with van der Waals surface area (Å²) in [4.78, 5) is 37.5. The molecule has 0 spiro atoms. The fourth-order valence-corrected chi connectivity index (χ4v) is 6.57. The van der Waals surface area contributed by atoms with Crippen molar-refractivity contribution in [1.29, 1.82) is 0 Å². The largest absolute Gasteiger partial charge is 0.482 e. The van der Waals surface area contributed by atoms with Crippen LogP contribution in [0.2, 0.25) is 0 Å². The number of ether oxygens (including phenoxy) is 1. The Morgan fingerprint density at radius 2 is 1.95 bits per heavy atom. The van der Waals surface area contributed by atoms with Crippen molar-refractivity contribution >= 4 is 45.2 Å². The first kappa shape index (κ1) is 26.7. The fraction of sp³-hybridized carbons (Fsp3) is 0.333. The van der Waals surface area contributed by atoms with Crippen molar-refractivity contribution in [1.82, 2.24) is 23.9 Å². The first-order valence-electron chi connectivity index (χ1n) is 15.3. The van der Waals surface area contributed by atoms with E-state index in [9.17, 15) is 9.59 Å². The molecule has 1 saturated carbocycles. The fourth-order valence-electron chi connectivity index (χ4n) is 6.57. The molecule has 0 atom stereocenters. The van der Waals surface area contributed by atoms with E-state index in [2.05, 4.69) is 45.3 Å². The van der Waals surface area contributed by atoms with E-state index in [-0.39, 0.29) is 23.6 Å². The van der Waals surface area contributed by atoms with E-state index in [4.69, 9.17) is 15.5 Å². The summed E-state index contributed by atoms with van der Waals surface area (Å²) in [5.41, 5.74) is 10.2. The van der Waals surface area contributed by atoms with Gasteiger partial charge in [-0.1, -0.05) is 12.2 Å². The second-order valence-electron chi connectivity index (χ2n) is 12.1. The van der Waals surface area contributed by atoms with Crippen LogP contribution in [0.1, 0.15) is 38.5 Å². The zero-order valence-corrected chi connectivity index (χ0v) is 24.4. The van der Waals surface area contributed by atoms with E-state index in [1.807, 2.05) is 35.0 Å². The van der Waals surface area contributed by atoms with Gasteiger partial charge in [0.15, 0.2) is 12.3 Å². The quantitative estimate of drug-likeness (QED) is 0.286. The maximum atomic E-state index is 13.6. The summed E-state index contributed by atoms with van der Waals surface area (Å²) in [7, 11) is 0. The molecule has 1 amide bonds. The summed E-state index contributed by atoms with van der Waals surface area (Å²) < 4.78 is 11.5. The highest BCUT2D eigenvalue weighted by Gasteiger charge is 2.32. The van der Waals surface area contributed by atoms with E-state index in [1.165, 1.54) is 6.42 Å². The SMILES string of the molecule is NC1(CCn2ccc3cc(Nc4ncc5c(=O)n6n(c5n4)-c4ccc5c(c4)N(CCCC=CC6)C(=O)CO5)ccc32)CCC1. The van der Waals surface area contributed by atoms with Crippen molar-refractivity contribution in [2.24, 2.45) is 5.73 Å². The molecule has 5 aromatic rings. The van der Waals surface area contributed by atoms with Crippen LogP contribution in [-0.2, 0) is 17.9 Å². The number of carbonyl (C=O) groups is 1.